The van der Waals surface area contributed by atoms with E-state index in [1.807, 2.05) is 0 Å². The normalized spacial score (nSPS) is 11.7. The molecule has 0 aliphatic heterocycles. The van der Waals surface area contributed by atoms with Crippen molar-refractivity contribution in [2.75, 3.05) is 27.0 Å². The third kappa shape index (κ3) is 8.70. The highest BCUT2D eigenvalue weighted by Crippen LogP contribution is 2.46. The fraction of sp³-hybridized carbons (Fsp3) is 0.667. The number of carbonyl (C=O) groups excluding carboxylic acids is 2. The first-order valence-electron chi connectivity index (χ1n) is 6.03. The maximum atomic E-state index is 11.7. The van der Waals surface area contributed by atoms with Crippen molar-refractivity contribution in [3.63, 3.8) is 0 Å². The Bertz CT molecular complexity index is 355. The smallest absolute Gasteiger partial charge is 0.337 e. The van der Waals surface area contributed by atoms with Gasteiger partial charge in [-0.2, -0.15) is 0 Å². The zero-order chi connectivity index (χ0) is 14.7. The van der Waals surface area contributed by atoms with Crippen LogP contribution in [0.4, 0.5) is 0 Å². The highest BCUT2D eigenvalue weighted by molar-refractivity contribution is 7.54. The van der Waals surface area contributed by atoms with Crippen LogP contribution in [0.5, 0.6) is 0 Å². The van der Waals surface area contributed by atoms with Crippen LogP contribution in [0.3, 0.4) is 0 Å². The monoisotopic (exact) mass is 292 g/mol. The van der Waals surface area contributed by atoms with Crippen LogP contribution in [-0.4, -0.2) is 38.7 Å². The van der Waals surface area contributed by atoms with Gasteiger partial charge in [-0.15, -0.1) is 0 Å². The van der Waals surface area contributed by atoms with E-state index in [0.717, 1.165) is 0 Å². The SMILES string of the molecule is CCOC(=O)/C=C/CCCC(=O)CP(=O)(OC)OC. The molecule has 0 aromatic rings. The van der Waals surface area contributed by atoms with Gasteiger partial charge in [0.1, 0.15) is 11.9 Å². The number of ketones is 1. The Kier molecular flexibility index (Phi) is 9.39. The van der Waals surface area contributed by atoms with Gasteiger partial charge in [-0.1, -0.05) is 6.08 Å². The molecule has 0 aromatic heterocycles. The summed E-state index contributed by atoms with van der Waals surface area (Å²) in [7, 11) is -0.760. The Morgan fingerprint density at radius 3 is 2.37 bits per heavy atom. The third-order valence-electron chi connectivity index (χ3n) is 2.29. The fourth-order valence-corrected chi connectivity index (χ4v) is 2.28. The fourth-order valence-electron chi connectivity index (χ4n) is 1.29. The van der Waals surface area contributed by atoms with Crippen LogP contribution in [0.15, 0.2) is 12.2 Å². The standard InChI is InChI=1S/C12H21O6P/c1-4-18-12(14)9-7-5-6-8-11(13)10-19(15,16-2)17-3/h7,9H,4-6,8,10H2,1-3H3/b9-7+. The molecule has 0 bridgehead atoms. The first kappa shape index (κ1) is 18.0. The summed E-state index contributed by atoms with van der Waals surface area (Å²) in [6.07, 6.45) is 4.18. The summed E-state index contributed by atoms with van der Waals surface area (Å²) < 4.78 is 25.7. The minimum absolute atomic E-state index is 0.184. The minimum Gasteiger partial charge on any atom is -0.463 e. The Morgan fingerprint density at radius 1 is 1.21 bits per heavy atom. The predicted octanol–water partition coefficient (Wildman–Crippen LogP) is 2.33. The second-order valence-corrected chi connectivity index (χ2v) is 5.99. The molecule has 0 N–H and O–H groups in total. The topological polar surface area (TPSA) is 78.9 Å². The molecule has 0 saturated heterocycles. The molecule has 0 atom stereocenters. The van der Waals surface area contributed by atoms with Crippen molar-refractivity contribution in [3.05, 3.63) is 12.2 Å². The molecule has 7 heteroatoms. The predicted molar refractivity (Wildman–Crippen MR) is 71.1 cm³/mol. The Balaban J connectivity index is 3.87. The van der Waals surface area contributed by atoms with Crippen LogP contribution in [0, 0.1) is 0 Å². The third-order valence-corrected chi connectivity index (χ3v) is 4.15. The van der Waals surface area contributed by atoms with Gasteiger partial charge in [-0.25, -0.2) is 4.79 Å². The first-order chi connectivity index (χ1) is 8.97. The zero-order valence-corrected chi connectivity index (χ0v) is 12.5. The number of ether oxygens (including phenoxy) is 1. The summed E-state index contributed by atoms with van der Waals surface area (Å²) in [6.45, 7) is 2.07. The summed E-state index contributed by atoms with van der Waals surface area (Å²) in [4.78, 5) is 22.5. The molecule has 0 spiro atoms. The van der Waals surface area contributed by atoms with Gasteiger partial charge in [0, 0.05) is 26.7 Å². The number of hydrogen-bond acceptors (Lipinski definition) is 6. The van der Waals surface area contributed by atoms with Gasteiger partial charge in [0.05, 0.1) is 6.61 Å². The number of esters is 1. The average molecular weight is 292 g/mol. The molecule has 0 amide bonds. The van der Waals surface area contributed by atoms with Gasteiger partial charge in [0.15, 0.2) is 0 Å². The largest absolute Gasteiger partial charge is 0.463 e. The lowest BCUT2D eigenvalue weighted by molar-refractivity contribution is -0.137. The van der Waals surface area contributed by atoms with Crippen molar-refractivity contribution < 1.29 is 27.9 Å². The molecule has 0 aliphatic rings. The van der Waals surface area contributed by atoms with Crippen molar-refractivity contribution in [2.45, 2.75) is 26.2 Å². The molecule has 0 unspecified atom stereocenters. The van der Waals surface area contributed by atoms with E-state index in [1.54, 1.807) is 13.0 Å². The van der Waals surface area contributed by atoms with Gasteiger partial charge < -0.3 is 13.8 Å². The van der Waals surface area contributed by atoms with Gasteiger partial charge in [0.25, 0.3) is 0 Å². The van der Waals surface area contributed by atoms with E-state index in [-0.39, 0.29) is 18.4 Å². The molecular weight excluding hydrogens is 271 g/mol. The maximum absolute atomic E-state index is 11.7. The number of unbranched alkanes of at least 4 members (excludes halogenated alkanes) is 1. The number of Topliss-reactive ketones (excluding diaryl/α,β-unsaturated/α-hetero) is 1. The Hall–Kier alpha value is -0.970. The minimum atomic E-state index is -3.26. The molecule has 6 nitrogen and oxygen atoms in total. The van der Waals surface area contributed by atoms with Crippen LogP contribution in [-0.2, 0) is 27.9 Å². The summed E-state index contributed by atoms with van der Waals surface area (Å²) in [5.41, 5.74) is 0. The van der Waals surface area contributed by atoms with Crippen molar-refractivity contribution in [1.82, 2.24) is 0 Å². The molecule has 0 rings (SSSR count). The molecule has 0 aliphatic carbocycles. The molecule has 0 saturated carbocycles. The van der Waals surface area contributed by atoms with Gasteiger partial charge >= 0.3 is 13.6 Å². The van der Waals surface area contributed by atoms with Gasteiger partial charge in [-0.3, -0.25) is 9.36 Å². The molecule has 0 aromatic carbocycles. The number of rotatable bonds is 10. The van der Waals surface area contributed by atoms with Crippen molar-refractivity contribution in [1.29, 1.82) is 0 Å². The van der Waals surface area contributed by atoms with E-state index in [1.165, 1.54) is 20.3 Å². The van der Waals surface area contributed by atoms with Crippen molar-refractivity contribution >= 4 is 19.3 Å². The van der Waals surface area contributed by atoms with Crippen LogP contribution < -0.4 is 0 Å². The summed E-state index contributed by atoms with van der Waals surface area (Å²) >= 11 is 0. The van der Waals surface area contributed by atoms with Gasteiger partial charge in [-0.05, 0) is 19.8 Å². The van der Waals surface area contributed by atoms with Crippen LogP contribution in [0.1, 0.15) is 26.2 Å². The number of hydrogen-bond donors (Lipinski definition) is 0. The second-order valence-electron chi connectivity index (χ2n) is 3.72. The summed E-state index contributed by atoms with van der Waals surface area (Å²) in [5.74, 6) is -0.575. The van der Waals surface area contributed by atoms with Gasteiger partial charge in [0.2, 0.25) is 0 Å². The second kappa shape index (κ2) is 9.89. The number of carbonyl (C=O) groups is 2. The highest BCUT2D eigenvalue weighted by Gasteiger charge is 2.24. The van der Waals surface area contributed by atoms with Crippen LogP contribution in [0.2, 0.25) is 0 Å². The molecule has 110 valence electrons. The van der Waals surface area contributed by atoms with E-state index in [9.17, 15) is 14.2 Å². The lowest BCUT2D eigenvalue weighted by Gasteiger charge is -2.11. The van der Waals surface area contributed by atoms with Crippen LogP contribution in [0.25, 0.3) is 0 Å². The quantitative estimate of drug-likeness (QED) is 0.266. The van der Waals surface area contributed by atoms with Crippen molar-refractivity contribution in [3.8, 4) is 0 Å². The van der Waals surface area contributed by atoms with E-state index in [2.05, 4.69) is 9.05 Å². The molecule has 0 heterocycles. The van der Waals surface area contributed by atoms with Crippen molar-refractivity contribution in [2.24, 2.45) is 0 Å². The highest BCUT2D eigenvalue weighted by atomic mass is 31.2. The summed E-state index contributed by atoms with van der Waals surface area (Å²) in [6, 6.07) is 0. The number of allylic oxidation sites excluding steroid dienone is 1. The van der Waals surface area contributed by atoms with E-state index < -0.39 is 13.6 Å². The lowest BCUT2D eigenvalue weighted by atomic mass is 10.2. The Morgan fingerprint density at radius 2 is 1.84 bits per heavy atom. The van der Waals surface area contributed by atoms with E-state index in [4.69, 9.17) is 4.74 Å². The maximum Gasteiger partial charge on any atom is 0.337 e. The average Bonchev–Trinajstić information content (AvgIpc) is 2.38. The van der Waals surface area contributed by atoms with E-state index in [0.29, 0.717) is 19.4 Å². The molecule has 19 heavy (non-hydrogen) atoms. The first-order valence-corrected chi connectivity index (χ1v) is 7.75. The Labute approximate surface area is 113 Å². The molecule has 0 fully saturated rings. The summed E-state index contributed by atoms with van der Waals surface area (Å²) in [5, 5.41) is 0. The van der Waals surface area contributed by atoms with Crippen LogP contribution >= 0.6 is 7.60 Å². The van der Waals surface area contributed by atoms with E-state index >= 15 is 0 Å². The zero-order valence-electron chi connectivity index (χ0n) is 11.6. The lowest BCUT2D eigenvalue weighted by Crippen LogP contribution is -2.07. The molecule has 0 radical (unpaired) electrons. The molecular formula is C12H21O6P.